The number of amides is 1. The van der Waals surface area contributed by atoms with Crippen LogP contribution in [0.1, 0.15) is 38.7 Å². The molecule has 1 amide bonds. The van der Waals surface area contributed by atoms with Crippen LogP contribution in [0.15, 0.2) is 55.1 Å². The molecular weight excluding hydrogens is 306 g/mol. The normalized spacial score (nSPS) is 16.0. The number of carbonyl (C=O) groups excluding carboxylic acids is 1. The van der Waals surface area contributed by atoms with Crippen molar-refractivity contribution >= 4 is 17.6 Å². The summed E-state index contributed by atoms with van der Waals surface area (Å²) in [6, 6.07) is 11.8. The zero-order valence-electron chi connectivity index (χ0n) is 13.2. The van der Waals surface area contributed by atoms with Crippen molar-refractivity contribution < 1.29 is 19.4 Å². The van der Waals surface area contributed by atoms with Gasteiger partial charge in [0.05, 0.1) is 24.3 Å². The van der Waals surface area contributed by atoms with Gasteiger partial charge in [0.1, 0.15) is 5.75 Å². The van der Waals surface area contributed by atoms with Crippen molar-refractivity contribution in [3.8, 4) is 5.75 Å². The molecule has 24 heavy (non-hydrogen) atoms. The van der Waals surface area contributed by atoms with E-state index in [1.807, 2.05) is 6.07 Å². The number of hydrogen-bond donors (Lipinski definition) is 1. The second-order valence-electron chi connectivity index (χ2n) is 5.49. The molecule has 1 aliphatic heterocycles. The van der Waals surface area contributed by atoms with Crippen molar-refractivity contribution in [3.05, 3.63) is 71.8 Å². The molecule has 1 heterocycles. The van der Waals surface area contributed by atoms with E-state index >= 15 is 0 Å². The maximum Gasteiger partial charge on any atom is 0.336 e. The summed E-state index contributed by atoms with van der Waals surface area (Å²) in [4.78, 5) is 26.1. The largest absolute Gasteiger partial charge is 0.497 e. The van der Waals surface area contributed by atoms with E-state index in [-0.39, 0.29) is 23.1 Å². The highest BCUT2D eigenvalue weighted by Gasteiger charge is 2.39. The fourth-order valence-electron chi connectivity index (χ4n) is 3.11. The fourth-order valence-corrected chi connectivity index (χ4v) is 3.11. The molecular formula is C19H17NO4. The third-order valence-corrected chi connectivity index (χ3v) is 4.15. The number of carboxylic acid groups (broad SMARTS) is 1. The maximum atomic E-state index is 13.0. The summed E-state index contributed by atoms with van der Waals surface area (Å²) in [7, 11) is 1.56. The molecule has 5 heteroatoms. The van der Waals surface area contributed by atoms with Gasteiger partial charge < -0.3 is 14.7 Å². The molecule has 0 unspecified atom stereocenters. The highest BCUT2D eigenvalue weighted by molar-refractivity contribution is 6.16. The number of rotatable bonds is 5. The predicted molar refractivity (Wildman–Crippen MR) is 90.8 cm³/mol. The van der Waals surface area contributed by atoms with Crippen molar-refractivity contribution in [1.82, 2.24) is 0 Å². The first-order chi connectivity index (χ1) is 11.6. The molecule has 1 N–H and O–H groups in total. The molecule has 1 atom stereocenters. The van der Waals surface area contributed by atoms with Gasteiger partial charge in [0, 0.05) is 11.8 Å². The van der Waals surface area contributed by atoms with Gasteiger partial charge in [-0.15, -0.1) is 6.58 Å². The van der Waals surface area contributed by atoms with Gasteiger partial charge in [-0.3, -0.25) is 4.79 Å². The fraction of sp³-hybridized carbons (Fsp3) is 0.158. The predicted octanol–water partition coefficient (Wildman–Crippen LogP) is 3.67. The first-order valence-electron chi connectivity index (χ1n) is 7.53. The summed E-state index contributed by atoms with van der Waals surface area (Å²) in [5.41, 5.74) is 1.65. The quantitative estimate of drug-likeness (QED) is 0.853. The molecule has 0 aromatic heterocycles. The number of carbonyl (C=O) groups is 2. The van der Waals surface area contributed by atoms with Crippen LogP contribution in [0, 0.1) is 0 Å². The Bertz CT molecular complexity index is 828. The first-order valence-corrected chi connectivity index (χ1v) is 7.53. The third kappa shape index (κ3) is 2.44. The molecule has 2 aromatic rings. The van der Waals surface area contributed by atoms with Gasteiger partial charge in [-0.25, -0.2) is 4.79 Å². The number of ether oxygens (including phenoxy) is 1. The van der Waals surface area contributed by atoms with Crippen molar-refractivity contribution in [2.45, 2.75) is 12.5 Å². The Morgan fingerprint density at radius 1 is 1.33 bits per heavy atom. The molecule has 0 aliphatic carbocycles. The minimum atomic E-state index is -1.11. The number of hydrogen-bond acceptors (Lipinski definition) is 3. The number of fused-ring (bicyclic) bond motifs is 1. The Hall–Kier alpha value is -3.08. The summed E-state index contributed by atoms with van der Waals surface area (Å²) in [5, 5.41) is 9.41. The second-order valence-corrected chi connectivity index (χ2v) is 5.49. The van der Waals surface area contributed by atoms with E-state index in [1.165, 1.54) is 6.07 Å². The van der Waals surface area contributed by atoms with Crippen LogP contribution in [0.2, 0.25) is 0 Å². The van der Waals surface area contributed by atoms with E-state index in [4.69, 9.17) is 4.74 Å². The molecule has 0 saturated carbocycles. The van der Waals surface area contributed by atoms with E-state index in [9.17, 15) is 14.7 Å². The summed E-state index contributed by atoms with van der Waals surface area (Å²) in [5.74, 6) is -0.791. The summed E-state index contributed by atoms with van der Waals surface area (Å²) < 4.78 is 5.23. The lowest BCUT2D eigenvalue weighted by atomic mass is 9.98. The van der Waals surface area contributed by atoms with Crippen LogP contribution in [0.4, 0.5) is 5.69 Å². The molecule has 0 fully saturated rings. The minimum absolute atomic E-state index is 0.0250. The second kappa shape index (κ2) is 6.20. The number of carboxylic acids is 1. The molecule has 0 spiro atoms. The Morgan fingerprint density at radius 2 is 2.08 bits per heavy atom. The SMILES string of the molecule is C=CC[C@H]1c2cccc(C(=O)O)c2C(=O)N1c1cccc(OC)c1. The van der Waals surface area contributed by atoms with Gasteiger partial charge in [0.2, 0.25) is 0 Å². The Labute approximate surface area is 139 Å². The smallest absolute Gasteiger partial charge is 0.336 e. The molecule has 3 rings (SSSR count). The molecule has 122 valence electrons. The topological polar surface area (TPSA) is 66.8 Å². The van der Waals surface area contributed by atoms with Crippen LogP contribution in [-0.4, -0.2) is 24.1 Å². The highest BCUT2D eigenvalue weighted by atomic mass is 16.5. The Kier molecular flexibility index (Phi) is 4.08. The van der Waals surface area contributed by atoms with Gasteiger partial charge in [-0.2, -0.15) is 0 Å². The van der Waals surface area contributed by atoms with Crippen molar-refractivity contribution in [3.63, 3.8) is 0 Å². The summed E-state index contributed by atoms with van der Waals surface area (Å²) in [6.45, 7) is 3.76. The van der Waals surface area contributed by atoms with Crippen LogP contribution in [0.3, 0.4) is 0 Å². The van der Waals surface area contributed by atoms with Crippen LogP contribution in [0.5, 0.6) is 5.75 Å². The van der Waals surface area contributed by atoms with E-state index < -0.39 is 5.97 Å². The summed E-state index contributed by atoms with van der Waals surface area (Å²) in [6.07, 6.45) is 2.26. The number of benzene rings is 2. The van der Waals surface area contributed by atoms with Crippen LogP contribution in [0.25, 0.3) is 0 Å². The van der Waals surface area contributed by atoms with E-state index in [0.717, 1.165) is 0 Å². The maximum absolute atomic E-state index is 13.0. The van der Waals surface area contributed by atoms with E-state index in [2.05, 4.69) is 6.58 Å². The lowest BCUT2D eigenvalue weighted by molar-refractivity contribution is 0.0692. The average Bonchev–Trinajstić information content (AvgIpc) is 2.87. The van der Waals surface area contributed by atoms with Crippen molar-refractivity contribution in [2.75, 3.05) is 12.0 Å². The van der Waals surface area contributed by atoms with Gasteiger partial charge in [-0.1, -0.05) is 24.3 Å². The number of methoxy groups -OCH3 is 1. The van der Waals surface area contributed by atoms with Crippen LogP contribution in [-0.2, 0) is 0 Å². The van der Waals surface area contributed by atoms with Crippen molar-refractivity contribution in [2.24, 2.45) is 0 Å². The van der Waals surface area contributed by atoms with Gasteiger partial charge >= 0.3 is 5.97 Å². The number of nitrogens with zero attached hydrogens (tertiary/aromatic N) is 1. The molecule has 2 aromatic carbocycles. The first kappa shape index (κ1) is 15.8. The monoisotopic (exact) mass is 323 g/mol. The van der Waals surface area contributed by atoms with Gasteiger partial charge in [0.25, 0.3) is 5.91 Å². The molecule has 5 nitrogen and oxygen atoms in total. The zero-order valence-corrected chi connectivity index (χ0v) is 13.2. The van der Waals surface area contributed by atoms with Gasteiger partial charge in [0.15, 0.2) is 0 Å². The Balaban J connectivity index is 2.17. The standard InChI is InChI=1S/C19H17NO4/c1-3-6-16-14-9-5-10-15(19(22)23)17(14)18(21)20(16)12-7-4-8-13(11-12)24-2/h3-5,7-11,16H,1,6H2,2H3,(H,22,23)/t16-/m0/s1. The Morgan fingerprint density at radius 3 is 2.75 bits per heavy atom. The van der Waals surface area contributed by atoms with Gasteiger partial charge in [-0.05, 0) is 30.2 Å². The van der Waals surface area contributed by atoms with Crippen LogP contribution < -0.4 is 9.64 Å². The average molecular weight is 323 g/mol. The van der Waals surface area contributed by atoms with Crippen molar-refractivity contribution in [1.29, 1.82) is 0 Å². The minimum Gasteiger partial charge on any atom is -0.497 e. The van der Waals surface area contributed by atoms with Crippen LogP contribution >= 0.6 is 0 Å². The third-order valence-electron chi connectivity index (χ3n) is 4.15. The zero-order chi connectivity index (χ0) is 17.3. The molecule has 0 bridgehead atoms. The molecule has 0 radical (unpaired) electrons. The van der Waals surface area contributed by atoms with E-state index in [1.54, 1.807) is 48.4 Å². The summed E-state index contributed by atoms with van der Waals surface area (Å²) >= 11 is 0. The lowest BCUT2D eigenvalue weighted by Gasteiger charge is -2.25. The number of anilines is 1. The molecule has 0 saturated heterocycles. The highest BCUT2D eigenvalue weighted by Crippen LogP contribution is 2.41. The van der Waals surface area contributed by atoms with E-state index in [0.29, 0.717) is 23.4 Å². The molecule has 1 aliphatic rings. The number of aromatic carboxylic acids is 1. The lowest BCUT2D eigenvalue weighted by Crippen LogP contribution is -2.28.